The molecule has 3 amide bonds. The minimum absolute atomic E-state index is 0.0184. The standard InChI is InChI=1S/C28H33N3O5/c32-16-8-7-15-31-24(26(34)30-18-20-11-5-2-6-12-20)28-14-13-21(36-28)22(23(28)27(31)35)25(33)29-17-19-9-3-1-4-10-19/h1-6,9-12,21-24,32H,7-8,13-18H2,(H,29,33)(H,30,34)/t21-,22+,23+,24?,28?/m1/s1. The lowest BCUT2D eigenvalue weighted by atomic mass is 9.70. The van der Waals surface area contributed by atoms with E-state index in [2.05, 4.69) is 10.6 Å². The van der Waals surface area contributed by atoms with Crippen molar-refractivity contribution in [1.29, 1.82) is 0 Å². The second kappa shape index (κ2) is 10.4. The molecule has 5 atom stereocenters. The van der Waals surface area contributed by atoms with Gasteiger partial charge in [0.1, 0.15) is 11.6 Å². The molecule has 36 heavy (non-hydrogen) atoms. The molecule has 190 valence electrons. The number of hydrogen-bond donors (Lipinski definition) is 3. The highest BCUT2D eigenvalue weighted by Gasteiger charge is 2.74. The zero-order valence-corrected chi connectivity index (χ0v) is 20.3. The van der Waals surface area contributed by atoms with Crippen LogP contribution in [0.3, 0.4) is 0 Å². The number of aliphatic hydroxyl groups excluding tert-OH is 1. The summed E-state index contributed by atoms with van der Waals surface area (Å²) >= 11 is 0. The van der Waals surface area contributed by atoms with Gasteiger partial charge in [0.15, 0.2) is 0 Å². The van der Waals surface area contributed by atoms with E-state index in [9.17, 15) is 19.5 Å². The molecule has 2 unspecified atom stereocenters. The highest BCUT2D eigenvalue weighted by atomic mass is 16.5. The fraction of sp³-hybridized carbons (Fsp3) is 0.464. The molecule has 2 aromatic carbocycles. The summed E-state index contributed by atoms with van der Waals surface area (Å²) < 4.78 is 6.43. The summed E-state index contributed by atoms with van der Waals surface area (Å²) in [6.45, 7) is 1.08. The third-order valence-corrected chi connectivity index (χ3v) is 7.78. The van der Waals surface area contributed by atoms with Crippen molar-refractivity contribution < 1.29 is 24.2 Å². The van der Waals surface area contributed by atoms with Crippen molar-refractivity contribution in [2.45, 2.75) is 56.5 Å². The number of unbranched alkanes of at least 4 members (excludes halogenated alkanes) is 1. The van der Waals surface area contributed by atoms with E-state index >= 15 is 0 Å². The number of ether oxygens (including phenoxy) is 1. The van der Waals surface area contributed by atoms with Gasteiger partial charge in [-0.05, 0) is 36.8 Å². The number of rotatable bonds is 10. The first-order chi connectivity index (χ1) is 17.5. The van der Waals surface area contributed by atoms with Crippen molar-refractivity contribution in [2.75, 3.05) is 13.2 Å². The molecular weight excluding hydrogens is 458 g/mol. The van der Waals surface area contributed by atoms with Crippen LogP contribution in [0.2, 0.25) is 0 Å². The number of hydrogen-bond acceptors (Lipinski definition) is 5. The number of benzene rings is 2. The Morgan fingerprint density at radius 2 is 1.56 bits per heavy atom. The zero-order chi connectivity index (χ0) is 25.1. The van der Waals surface area contributed by atoms with Crippen molar-refractivity contribution in [2.24, 2.45) is 11.8 Å². The quantitative estimate of drug-likeness (QED) is 0.439. The van der Waals surface area contributed by atoms with E-state index < -0.39 is 23.5 Å². The van der Waals surface area contributed by atoms with Gasteiger partial charge in [-0.25, -0.2) is 0 Å². The molecule has 8 nitrogen and oxygen atoms in total. The van der Waals surface area contributed by atoms with Crippen LogP contribution in [0, 0.1) is 11.8 Å². The molecule has 3 saturated heterocycles. The maximum atomic E-state index is 13.8. The number of nitrogens with one attached hydrogen (secondary N) is 2. The molecule has 3 aliphatic heterocycles. The number of amides is 3. The SMILES string of the molecule is O=C(NCc1ccccc1)C1N(CCCCO)C(=O)[C@@H]2[C@@H](C(=O)NCc3ccccc3)[C@H]3CCC12O3. The Morgan fingerprint density at radius 1 is 0.944 bits per heavy atom. The van der Waals surface area contributed by atoms with E-state index in [0.29, 0.717) is 45.3 Å². The molecule has 8 heteroatoms. The normalized spacial score (nSPS) is 28.2. The lowest BCUT2D eigenvalue weighted by Gasteiger charge is -2.33. The predicted octanol–water partition coefficient (Wildman–Crippen LogP) is 1.77. The van der Waals surface area contributed by atoms with Crippen molar-refractivity contribution in [3.63, 3.8) is 0 Å². The van der Waals surface area contributed by atoms with Crippen molar-refractivity contribution in [3.05, 3.63) is 71.8 Å². The first-order valence-electron chi connectivity index (χ1n) is 12.8. The summed E-state index contributed by atoms with van der Waals surface area (Å²) in [4.78, 5) is 42.3. The summed E-state index contributed by atoms with van der Waals surface area (Å²) in [5.74, 6) is -1.97. The van der Waals surface area contributed by atoms with Crippen molar-refractivity contribution in [1.82, 2.24) is 15.5 Å². The molecule has 0 aromatic heterocycles. The Morgan fingerprint density at radius 3 is 2.17 bits per heavy atom. The van der Waals surface area contributed by atoms with Gasteiger partial charge >= 0.3 is 0 Å². The second-order valence-electron chi connectivity index (χ2n) is 9.93. The minimum atomic E-state index is -1.00. The van der Waals surface area contributed by atoms with Gasteiger partial charge in [-0.1, -0.05) is 60.7 Å². The molecule has 2 aromatic rings. The van der Waals surface area contributed by atoms with Gasteiger partial charge in [0.05, 0.1) is 17.9 Å². The van der Waals surface area contributed by atoms with Gasteiger partial charge in [0, 0.05) is 26.2 Å². The van der Waals surface area contributed by atoms with Crippen LogP contribution < -0.4 is 10.6 Å². The van der Waals surface area contributed by atoms with Crippen LogP contribution >= 0.6 is 0 Å². The summed E-state index contributed by atoms with van der Waals surface area (Å²) in [7, 11) is 0. The Bertz CT molecular complexity index is 1090. The van der Waals surface area contributed by atoms with Crippen LogP contribution in [0.5, 0.6) is 0 Å². The molecule has 0 radical (unpaired) electrons. The molecule has 2 bridgehead atoms. The maximum Gasteiger partial charge on any atom is 0.246 e. The number of likely N-dealkylation sites (tertiary alicyclic amines) is 1. The number of nitrogens with zero attached hydrogens (tertiary/aromatic N) is 1. The third-order valence-electron chi connectivity index (χ3n) is 7.78. The van der Waals surface area contributed by atoms with Crippen LogP contribution in [0.15, 0.2) is 60.7 Å². The van der Waals surface area contributed by atoms with Crippen LogP contribution in [0.4, 0.5) is 0 Å². The summed E-state index contributed by atoms with van der Waals surface area (Å²) in [5.41, 5.74) is 0.938. The molecule has 3 aliphatic rings. The molecule has 3 N–H and O–H groups in total. The lowest BCUT2D eigenvalue weighted by molar-refractivity contribution is -0.142. The Hall–Kier alpha value is -3.23. The first kappa shape index (κ1) is 24.5. The number of carbonyl (C=O) groups is 3. The van der Waals surface area contributed by atoms with Gasteiger partial charge in [0.25, 0.3) is 0 Å². The van der Waals surface area contributed by atoms with Gasteiger partial charge in [0.2, 0.25) is 17.7 Å². The smallest absolute Gasteiger partial charge is 0.246 e. The van der Waals surface area contributed by atoms with Crippen LogP contribution in [0.1, 0.15) is 36.8 Å². The lowest BCUT2D eigenvalue weighted by Crippen LogP contribution is -2.55. The largest absolute Gasteiger partial charge is 0.396 e. The second-order valence-corrected chi connectivity index (χ2v) is 9.93. The summed E-state index contributed by atoms with van der Waals surface area (Å²) in [6.07, 6.45) is 1.93. The van der Waals surface area contributed by atoms with Crippen LogP contribution in [-0.2, 0) is 32.2 Å². The van der Waals surface area contributed by atoms with E-state index in [4.69, 9.17) is 4.74 Å². The monoisotopic (exact) mass is 491 g/mol. The van der Waals surface area contributed by atoms with Gasteiger partial charge in [-0.3, -0.25) is 14.4 Å². The van der Waals surface area contributed by atoms with Crippen molar-refractivity contribution >= 4 is 17.7 Å². The van der Waals surface area contributed by atoms with Gasteiger partial charge in [-0.2, -0.15) is 0 Å². The molecule has 3 fully saturated rings. The highest BCUT2D eigenvalue weighted by molar-refractivity contribution is 5.98. The molecule has 5 rings (SSSR count). The van der Waals surface area contributed by atoms with E-state index in [0.717, 1.165) is 11.1 Å². The molecule has 0 saturated carbocycles. The Labute approximate surface area is 211 Å². The molecule has 0 aliphatic carbocycles. The zero-order valence-electron chi connectivity index (χ0n) is 20.3. The Balaban J connectivity index is 1.37. The number of fused-ring (bicyclic) bond motifs is 1. The van der Waals surface area contributed by atoms with E-state index in [1.54, 1.807) is 4.90 Å². The predicted molar refractivity (Wildman–Crippen MR) is 132 cm³/mol. The maximum absolute atomic E-state index is 13.8. The van der Waals surface area contributed by atoms with Crippen LogP contribution in [0.25, 0.3) is 0 Å². The highest BCUT2D eigenvalue weighted by Crippen LogP contribution is 2.58. The molecule has 1 spiro atoms. The van der Waals surface area contributed by atoms with Crippen molar-refractivity contribution in [3.8, 4) is 0 Å². The number of carbonyl (C=O) groups excluding carboxylic acids is 3. The Kier molecular flexibility index (Phi) is 7.07. The van der Waals surface area contributed by atoms with E-state index in [1.807, 2.05) is 60.7 Å². The van der Waals surface area contributed by atoms with Gasteiger partial charge in [-0.15, -0.1) is 0 Å². The topological polar surface area (TPSA) is 108 Å². The summed E-state index contributed by atoms with van der Waals surface area (Å²) in [6, 6.07) is 18.5. The third kappa shape index (κ3) is 4.40. The first-order valence-corrected chi connectivity index (χ1v) is 12.8. The summed E-state index contributed by atoms with van der Waals surface area (Å²) in [5, 5.41) is 15.3. The average molecular weight is 492 g/mol. The minimum Gasteiger partial charge on any atom is -0.396 e. The number of aliphatic hydroxyl groups is 1. The van der Waals surface area contributed by atoms with Crippen LogP contribution in [-0.4, -0.2) is 58.6 Å². The fourth-order valence-corrected chi connectivity index (χ4v) is 6.17. The molecular formula is C28H33N3O5. The van der Waals surface area contributed by atoms with E-state index in [-0.39, 0.29) is 30.4 Å². The van der Waals surface area contributed by atoms with E-state index in [1.165, 1.54) is 0 Å². The average Bonchev–Trinajstić information content (AvgIpc) is 3.55. The van der Waals surface area contributed by atoms with Gasteiger partial charge < -0.3 is 25.4 Å². The fourth-order valence-electron chi connectivity index (χ4n) is 6.17. The molecule has 3 heterocycles.